The number of hydrogen-bond acceptors (Lipinski definition) is 6. The fraction of sp³-hybridized carbons (Fsp3) is 0.200. The number of rotatable bonds is 9. The number of nitro benzene ring substituents is 1. The molecule has 5 amide bonds. The smallest absolute Gasteiger partial charge is 0.322 e. The second-order valence-corrected chi connectivity index (χ2v) is 10.1. The van der Waals surface area contributed by atoms with Crippen molar-refractivity contribution in [2.75, 3.05) is 5.32 Å². The molecule has 1 aromatic heterocycles. The zero-order chi connectivity index (χ0) is 30.3. The van der Waals surface area contributed by atoms with Gasteiger partial charge in [0.2, 0.25) is 5.91 Å². The quantitative estimate of drug-likeness (QED) is 0.174. The number of fused-ring (bicyclic) bond motifs is 1. The summed E-state index contributed by atoms with van der Waals surface area (Å²) in [4.78, 5) is 55.3. The van der Waals surface area contributed by atoms with Gasteiger partial charge in [-0.15, -0.1) is 0 Å². The Hall–Kier alpha value is -5.72. The molecule has 0 fully saturated rings. The fourth-order valence-electron chi connectivity index (χ4n) is 5.02. The molecule has 2 heterocycles. The molecule has 13 heteroatoms. The van der Waals surface area contributed by atoms with E-state index in [1.54, 1.807) is 53.4 Å². The van der Waals surface area contributed by atoms with Gasteiger partial charge in [-0.25, -0.2) is 14.6 Å². The maximum absolute atomic E-state index is 13.6. The Morgan fingerprint density at radius 1 is 0.953 bits per heavy atom. The number of nitrogens with one attached hydrogen (secondary N) is 3. The molecule has 0 aliphatic carbocycles. The van der Waals surface area contributed by atoms with E-state index in [9.17, 15) is 24.5 Å². The average molecular weight is 583 g/mol. The summed E-state index contributed by atoms with van der Waals surface area (Å²) < 4.78 is 1.78. The Balaban J connectivity index is 1.37. The van der Waals surface area contributed by atoms with Crippen LogP contribution in [0.4, 0.5) is 21.0 Å². The summed E-state index contributed by atoms with van der Waals surface area (Å²) in [5, 5.41) is 19.9. The van der Waals surface area contributed by atoms with Crippen LogP contribution in [0.15, 0.2) is 85.2 Å². The molecular formula is C30H30N8O5. The van der Waals surface area contributed by atoms with Crippen molar-refractivity contribution >= 4 is 29.3 Å². The third-order valence-corrected chi connectivity index (χ3v) is 7.16. The minimum atomic E-state index is -0.856. The molecule has 5 N–H and O–H groups in total. The van der Waals surface area contributed by atoms with E-state index >= 15 is 0 Å². The van der Waals surface area contributed by atoms with Crippen LogP contribution in [0.2, 0.25) is 0 Å². The Morgan fingerprint density at radius 2 is 1.65 bits per heavy atom. The summed E-state index contributed by atoms with van der Waals surface area (Å²) in [5.41, 5.74) is 9.19. The minimum absolute atomic E-state index is 0.00818. The molecule has 13 nitrogen and oxygen atoms in total. The number of carbonyl (C=O) groups excluding carboxylic acids is 3. The molecule has 4 aromatic rings. The number of nitro groups is 1. The number of para-hydroxylation sites is 2. The Kier molecular flexibility index (Phi) is 8.61. The van der Waals surface area contributed by atoms with Crippen LogP contribution in [0.1, 0.15) is 28.1 Å². The molecule has 0 saturated carbocycles. The molecule has 1 atom stereocenters. The highest BCUT2D eigenvalue weighted by Crippen LogP contribution is 2.27. The van der Waals surface area contributed by atoms with Crippen LogP contribution in [0.25, 0.3) is 0 Å². The first-order chi connectivity index (χ1) is 20.8. The number of imidazole rings is 1. The SMILES string of the molecule is NC(=O)NCc1cccc(CNC(=O)C2Cc3ncn(Cc4ccccc4[N+](=O)[O-])c3CN2C(=O)Nc2ccccc2)c1. The standard InChI is InChI=1S/C30H30N8O5/c31-29(40)33-16-21-8-6-7-20(13-21)15-32-28(39)26-14-24-27(18-37(26)30(41)35-23-10-2-1-3-11-23)36(19-34-24)17-22-9-4-5-12-25(22)38(42)43/h1-13,19,26H,14-18H2,(H,32,39)(H,35,41)(H3,31,33,40). The summed E-state index contributed by atoms with van der Waals surface area (Å²) in [5.74, 6) is -0.359. The number of nitrogens with zero attached hydrogens (tertiary/aromatic N) is 4. The molecule has 1 aliphatic rings. The average Bonchev–Trinajstić information content (AvgIpc) is 3.40. The lowest BCUT2D eigenvalue weighted by Crippen LogP contribution is -2.54. The van der Waals surface area contributed by atoms with Gasteiger partial charge in [-0.05, 0) is 23.3 Å². The third kappa shape index (κ3) is 6.96. The second-order valence-electron chi connectivity index (χ2n) is 10.1. The van der Waals surface area contributed by atoms with Crippen molar-refractivity contribution in [1.29, 1.82) is 0 Å². The Bertz CT molecular complexity index is 1660. The highest BCUT2D eigenvalue weighted by molar-refractivity contribution is 5.94. The van der Waals surface area contributed by atoms with Gasteiger partial charge in [-0.3, -0.25) is 14.9 Å². The highest BCUT2D eigenvalue weighted by atomic mass is 16.6. The van der Waals surface area contributed by atoms with Gasteiger partial charge in [0.05, 0.1) is 35.7 Å². The van der Waals surface area contributed by atoms with Gasteiger partial charge in [0.25, 0.3) is 5.69 Å². The third-order valence-electron chi connectivity index (χ3n) is 7.16. The minimum Gasteiger partial charge on any atom is -0.352 e. The molecule has 0 radical (unpaired) electrons. The lowest BCUT2D eigenvalue weighted by atomic mass is 10.0. The first-order valence-corrected chi connectivity index (χ1v) is 13.5. The second kappa shape index (κ2) is 12.9. The van der Waals surface area contributed by atoms with Crippen molar-refractivity contribution in [2.24, 2.45) is 5.73 Å². The van der Waals surface area contributed by atoms with E-state index in [1.165, 1.54) is 11.0 Å². The van der Waals surface area contributed by atoms with E-state index in [0.29, 0.717) is 22.6 Å². The molecule has 3 aromatic carbocycles. The topological polar surface area (TPSA) is 178 Å². The molecule has 43 heavy (non-hydrogen) atoms. The van der Waals surface area contributed by atoms with Gasteiger partial charge in [-0.1, -0.05) is 60.7 Å². The first-order valence-electron chi connectivity index (χ1n) is 13.5. The number of urea groups is 2. The van der Waals surface area contributed by atoms with Gasteiger partial charge in [-0.2, -0.15) is 0 Å². The largest absolute Gasteiger partial charge is 0.352 e. The summed E-state index contributed by atoms with van der Waals surface area (Å²) in [6.45, 7) is 0.712. The normalized spacial score (nSPS) is 14.0. The van der Waals surface area contributed by atoms with Crippen molar-refractivity contribution < 1.29 is 19.3 Å². The van der Waals surface area contributed by atoms with Crippen LogP contribution in [0.3, 0.4) is 0 Å². The summed E-state index contributed by atoms with van der Waals surface area (Å²) in [6, 6.07) is 20.8. The lowest BCUT2D eigenvalue weighted by Gasteiger charge is -2.35. The molecule has 220 valence electrons. The van der Waals surface area contributed by atoms with Crippen LogP contribution < -0.4 is 21.7 Å². The number of carbonyl (C=O) groups is 3. The fourth-order valence-corrected chi connectivity index (χ4v) is 5.02. The maximum Gasteiger partial charge on any atom is 0.322 e. The van der Waals surface area contributed by atoms with Crippen LogP contribution in [0.5, 0.6) is 0 Å². The predicted molar refractivity (Wildman–Crippen MR) is 158 cm³/mol. The highest BCUT2D eigenvalue weighted by Gasteiger charge is 2.37. The summed E-state index contributed by atoms with van der Waals surface area (Å²) >= 11 is 0. The van der Waals surface area contributed by atoms with Crippen molar-refractivity contribution in [3.63, 3.8) is 0 Å². The van der Waals surface area contributed by atoms with E-state index in [2.05, 4.69) is 20.9 Å². The number of benzene rings is 3. The monoisotopic (exact) mass is 582 g/mol. The van der Waals surface area contributed by atoms with Gasteiger partial charge in [0.1, 0.15) is 6.04 Å². The van der Waals surface area contributed by atoms with E-state index in [-0.39, 0.29) is 44.2 Å². The van der Waals surface area contributed by atoms with E-state index in [4.69, 9.17) is 5.73 Å². The zero-order valence-electron chi connectivity index (χ0n) is 23.1. The molecule has 1 unspecified atom stereocenters. The molecule has 0 saturated heterocycles. The zero-order valence-corrected chi connectivity index (χ0v) is 23.1. The van der Waals surface area contributed by atoms with Gasteiger partial charge in [0.15, 0.2) is 0 Å². The number of aromatic nitrogens is 2. The summed E-state index contributed by atoms with van der Waals surface area (Å²) in [7, 11) is 0. The molecule has 0 bridgehead atoms. The number of hydrogen-bond donors (Lipinski definition) is 4. The first kappa shape index (κ1) is 28.8. The van der Waals surface area contributed by atoms with Crippen molar-refractivity contribution in [3.8, 4) is 0 Å². The number of primary amides is 1. The molecule has 5 rings (SSSR count). The van der Waals surface area contributed by atoms with Gasteiger partial charge >= 0.3 is 12.1 Å². The number of amides is 5. The van der Waals surface area contributed by atoms with Gasteiger partial charge < -0.3 is 31.2 Å². The number of anilines is 1. The van der Waals surface area contributed by atoms with Gasteiger partial charge in [0, 0.05) is 36.8 Å². The Morgan fingerprint density at radius 3 is 2.37 bits per heavy atom. The van der Waals surface area contributed by atoms with Crippen LogP contribution in [0, 0.1) is 10.1 Å². The Labute approximate surface area is 246 Å². The predicted octanol–water partition coefficient (Wildman–Crippen LogP) is 3.28. The molecule has 0 spiro atoms. The van der Waals surface area contributed by atoms with Crippen LogP contribution in [-0.4, -0.2) is 43.4 Å². The van der Waals surface area contributed by atoms with E-state index < -0.39 is 23.0 Å². The van der Waals surface area contributed by atoms with E-state index in [0.717, 1.165) is 11.1 Å². The molecule has 1 aliphatic heterocycles. The molecular weight excluding hydrogens is 552 g/mol. The maximum atomic E-state index is 13.6. The van der Waals surface area contributed by atoms with Crippen molar-refractivity contribution in [1.82, 2.24) is 25.1 Å². The lowest BCUT2D eigenvalue weighted by molar-refractivity contribution is -0.385. The van der Waals surface area contributed by atoms with Crippen LogP contribution >= 0.6 is 0 Å². The van der Waals surface area contributed by atoms with Crippen molar-refractivity contribution in [2.45, 2.75) is 38.6 Å². The van der Waals surface area contributed by atoms with Crippen LogP contribution in [-0.2, 0) is 37.4 Å². The summed E-state index contributed by atoms with van der Waals surface area (Å²) in [6.07, 6.45) is 1.75. The van der Waals surface area contributed by atoms with Crippen molar-refractivity contribution in [3.05, 3.63) is 123 Å². The van der Waals surface area contributed by atoms with E-state index in [1.807, 2.05) is 30.3 Å². The number of nitrogens with two attached hydrogens (primary N) is 1.